The second-order valence-electron chi connectivity index (χ2n) is 11.1. The number of allylic oxidation sites excluding steroid dienone is 1. The third-order valence-corrected chi connectivity index (χ3v) is 9.10. The van der Waals surface area contributed by atoms with E-state index in [2.05, 4.69) is 42.6 Å². The van der Waals surface area contributed by atoms with Crippen molar-refractivity contribution in [1.29, 1.82) is 0 Å². The van der Waals surface area contributed by atoms with Crippen LogP contribution in [0.4, 0.5) is 4.79 Å². The first kappa shape index (κ1) is 41.1. The third kappa shape index (κ3) is 9.54. The van der Waals surface area contributed by atoms with Gasteiger partial charge in [-0.2, -0.15) is 0 Å². The summed E-state index contributed by atoms with van der Waals surface area (Å²) in [5, 5.41) is 2.46. The standard InChI is InChI=1S/C9H16N2.C9H13NO4.C8H11NO3.C3Cl3N3O3/c1-2-5-9-10-6-4-8-11(9)7-3-1;1-4-6-5-9(6,7(11)13-2)10-8(12)14-3;1-3-5-4-8(5,6(9)10)7(11)12-2;4-7-1(10)8(5)3(12)9(6)2(7)11/h1-8H2;4,6H,1,5H2,2-3H3,(H,10,12);3,5H,1,4H2,2H3,(H2,9,10);/t;6-,9-;5-,8+;/m.00./s1. The second-order valence-corrected chi connectivity index (χ2v) is 12.2. The van der Waals surface area contributed by atoms with E-state index < -0.39 is 52.0 Å². The SMILES string of the molecule is C1CCC2=NCCCN2CC1.C=C[C@H]1C[C@@]1(C(N)=O)C(=O)OC.C=C[C@H]1C[C@@]1(NC(=O)OC)C(=O)OC.O=c1n(Cl)c(=O)n(Cl)c(=O)n1Cl. The Morgan fingerprint density at radius 1 is 0.816 bits per heavy atom. The van der Waals surface area contributed by atoms with Crippen LogP contribution in [0.3, 0.4) is 0 Å². The number of nitrogens with two attached hydrogens (primary N) is 1. The number of amidine groups is 1. The number of esters is 2. The normalized spacial score (nSPS) is 24.4. The molecule has 49 heavy (non-hydrogen) atoms. The van der Waals surface area contributed by atoms with Gasteiger partial charge in [-0.15, -0.1) is 25.4 Å². The lowest BCUT2D eigenvalue weighted by Gasteiger charge is -2.27. The topological polar surface area (TPSA) is 216 Å². The van der Waals surface area contributed by atoms with Gasteiger partial charge >= 0.3 is 35.1 Å². The molecule has 0 spiro atoms. The van der Waals surface area contributed by atoms with Crippen LogP contribution in [0.15, 0.2) is 44.7 Å². The molecule has 0 aromatic carbocycles. The largest absolute Gasteiger partial charge is 0.468 e. The fraction of sp³-hybridized carbons (Fsp3) is 0.586. The lowest BCUT2D eigenvalue weighted by molar-refractivity contribution is -0.151. The lowest BCUT2D eigenvalue weighted by Crippen LogP contribution is -2.47. The van der Waals surface area contributed by atoms with Gasteiger partial charge in [0.05, 0.1) is 27.2 Å². The van der Waals surface area contributed by atoms with Gasteiger partial charge in [0.1, 0.15) is 5.54 Å². The van der Waals surface area contributed by atoms with E-state index in [1.54, 1.807) is 12.2 Å². The molecule has 3 heterocycles. The summed E-state index contributed by atoms with van der Waals surface area (Å²) in [4.78, 5) is 83.7. The second kappa shape index (κ2) is 18.1. The highest BCUT2D eigenvalue weighted by molar-refractivity contribution is 6.19. The van der Waals surface area contributed by atoms with Gasteiger partial charge in [-0.3, -0.25) is 14.6 Å². The minimum absolute atomic E-state index is 0.0750. The van der Waals surface area contributed by atoms with E-state index in [-0.39, 0.29) is 24.1 Å². The molecule has 272 valence electrons. The summed E-state index contributed by atoms with van der Waals surface area (Å²) in [6, 6.07) is 0. The number of hydrogen-bond donors (Lipinski definition) is 2. The number of amides is 2. The van der Waals surface area contributed by atoms with Crippen molar-refractivity contribution in [2.24, 2.45) is 28.0 Å². The van der Waals surface area contributed by atoms with Gasteiger partial charge in [0, 0.05) is 73.2 Å². The summed E-state index contributed by atoms with van der Waals surface area (Å²) in [7, 11) is 3.76. The number of ether oxygens (including phenoxy) is 3. The van der Waals surface area contributed by atoms with Crippen LogP contribution in [0.5, 0.6) is 0 Å². The number of carbonyl (C=O) groups excluding carboxylic acids is 4. The van der Waals surface area contributed by atoms with Gasteiger partial charge in [0.15, 0.2) is 5.41 Å². The molecule has 2 saturated carbocycles. The van der Waals surface area contributed by atoms with Gasteiger partial charge in [-0.1, -0.05) is 18.6 Å². The number of alkyl carbamates (subject to hydrolysis) is 1. The molecular weight excluding hydrogens is 713 g/mol. The maximum Gasteiger partial charge on any atom is 0.407 e. The number of carbonyl (C=O) groups is 4. The summed E-state index contributed by atoms with van der Waals surface area (Å²) >= 11 is 15.3. The van der Waals surface area contributed by atoms with Gasteiger partial charge in [-0.25, -0.2) is 24.0 Å². The van der Waals surface area contributed by atoms with Crippen molar-refractivity contribution in [3.8, 4) is 0 Å². The molecule has 2 amide bonds. The van der Waals surface area contributed by atoms with Crippen LogP contribution in [-0.4, -0.2) is 93.4 Å². The van der Waals surface area contributed by atoms with Gasteiger partial charge in [0.2, 0.25) is 5.91 Å². The maximum atomic E-state index is 11.4. The smallest absolute Gasteiger partial charge is 0.407 e. The Morgan fingerprint density at radius 3 is 1.78 bits per heavy atom. The van der Waals surface area contributed by atoms with Gasteiger partial charge < -0.3 is 30.2 Å². The van der Waals surface area contributed by atoms with Gasteiger partial charge in [0.25, 0.3) is 0 Å². The van der Waals surface area contributed by atoms with Crippen molar-refractivity contribution < 1.29 is 33.4 Å². The zero-order valence-electron chi connectivity index (χ0n) is 27.3. The summed E-state index contributed by atoms with van der Waals surface area (Å²) in [6.07, 6.45) is 10.1. The highest BCUT2D eigenvalue weighted by Gasteiger charge is 2.64. The van der Waals surface area contributed by atoms with Crippen LogP contribution < -0.4 is 28.1 Å². The molecule has 20 heteroatoms. The average molecular weight is 753 g/mol. The average Bonchev–Trinajstić information content (AvgIpc) is 4.03. The molecule has 4 atom stereocenters. The quantitative estimate of drug-likeness (QED) is 0.182. The lowest BCUT2D eigenvalue weighted by atomic mass is 10.0. The monoisotopic (exact) mass is 751 g/mol. The molecule has 3 fully saturated rings. The van der Waals surface area contributed by atoms with Crippen LogP contribution in [0.25, 0.3) is 0 Å². The molecule has 17 nitrogen and oxygen atoms in total. The van der Waals surface area contributed by atoms with Crippen LogP contribution in [0.2, 0.25) is 0 Å². The van der Waals surface area contributed by atoms with E-state index in [0.29, 0.717) is 12.8 Å². The van der Waals surface area contributed by atoms with Crippen LogP contribution in [-0.2, 0) is 28.6 Å². The molecule has 2 aliphatic heterocycles. The third-order valence-electron chi connectivity index (χ3n) is 8.23. The number of nitrogens with zero attached hydrogens (tertiary/aromatic N) is 5. The van der Waals surface area contributed by atoms with Crippen molar-refractivity contribution in [1.82, 2.24) is 22.5 Å². The number of hydrogen-bond acceptors (Lipinski definition) is 12. The number of primary amides is 1. The molecular formula is C29H40Cl3N7O10. The molecule has 0 unspecified atom stereocenters. The highest BCUT2D eigenvalue weighted by Crippen LogP contribution is 2.53. The molecule has 1 saturated heterocycles. The fourth-order valence-corrected chi connectivity index (χ4v) is 5.78. The summed E-state index contributed by atoms with van der Waals surface area (Å²) < 4.78 is 13.8. The van der Waals surface area contributed by atoms with E-state index in [4.69, 9.17) is 41.1 Å². The molecule has 1 aromatic rings. The molecule has 0 bridgehead atoms. The summed E-state index contributed by atoms with van der Waals surface area (Å²) in [6.45, 7) is 10.7. The van der Waals surface area contributed by atoms with Crippen LogP contribution >= 0.6 is 35.3 Å². The predicted octanol–water partition coefficient (Wildman–Crippen LogP) is 1.14. The zero-order chi connectivity index (χ0) is 37.1. The molecule has 1 aromatic heterocycles. The first-order valence-corrected chi connectivity index (χ1v) is 16.0. The Balaban J connectivity index is 0.000000227. The number of nitrogens with one attached hydrogen (secondary N) is 1. The summed E-state index contributed by atoms with van der Waals surface area (Å²) in [5.41, 5.74) is -0.467. The molecule has 4 aliphatic rings. The van der Waals surface area contributed by atoms with E-state index in [9.17, 15) is 33.6 Å². The number of aliphatic imine (C=N–C) groups is 1. The van der Waals surface area contributed by atoms with Crippen molar-refractivity contribution >= 4 is 65.1 Å². The van der Waals surface area contributed by atoms with E-state index in [1.165, 1.54) is 72.4 Å². The number of fused-ring (bicyclic) bond motifs is 1. The first-order valence-electron chi connectivity index (χ1n) is 15.0. The minimum atomic E-state index is -1.16. The number of halogens is 3. The van der Waals surface area contributed by atoms with Crippen molar-refractivity contribution in [2.75, 3.05) is 41.0 Å². The Morgan fingerprint density at radius 2 is 1.35 bits per heavy atom. The van der Waals surface area contributed by atoms with E-state index in [1.807, 2.05) is 0 Å². The maximum absolute atomic E-state index is 11.4. The van der Waals surface area contributed by atoms with Crippen molar-refractivity contribution in [3.63, 3.8) is 0 Å². The van der Waals surface area contributed by atoms with Crippen LogP contribution in [0, 0.1) is 17.3 Å². The Bertz CT molecular complexity index is 1540. The Kier molecular flexibility index (Phi) is 15.1. The predicted molar refractivity (Wildman–Crippen MR) is 180 cm³/mol. The van der Waals surface area contributed by atoms with Crippen molar-refractivity contribution in [3.05, 3.63) is 56.8 Å². The minimum Gasteiger partial charge on any atom is -0.468 e. The molecule has 5 rings (SSSR count). The number of methoxy groups -OCH3 is 3. The molecule has 3 N–H and O–H groups in total. The molecule has 2 aliphatic carbocycles. The van der Waals surface area contributed by atoms with E-state index in [0.717, 1.165) is 6.54 Å². The van der Waals surface area contributed by atoms with E-state index >= 15 is 0 Å². The van der Waals surface area contributed by atoms with Crippen LogP contribution in [0.1, 0.15) is 44.9 Å². The Hall–Kier alpha value is -4.09. The number of rotatable bonds is 6. The fourth-order valence-electron chi connectivity index (χ4n) is 5.21. The van der Waals surface area contributed by atoms with Crippen molar-refractivity contribution in [2.45, 2.75) is 50.5 Å². The Labute approximate surface area is 296 Å². The number of aromatic nitrogens is 3. The van der Waals surface area contributed by atoms with Gasteiger partial charge in [-0.05, 0) is 32.1 Å². The highest BCUT2D eigenvalue weighted by atomic mass is 35.5. The first-order chi connectivity index (χ1) is 23.1. The summed E-state index contributed by atoms with van der Waals surface area (Å²) in [5.74, 6) is -0.475. The molecule has 0 radical (unpaired) electrons. The zero-order valence-corrected chi connectivity index (χ0v) is 29.6.